The summed E-state index contributed by atoms with van der Waals surface area (Å²) in [7, 11) is -6.75. The minimum atomic E-state index is -6.74. The molecule has 1 aliphatic carbocycles. The van der Waals surface area contributed by atoms with E-state index in [2.05, 4.69) is 95.7 Å². The van der Waals surface area contributed by atoms with Crippen LogP contribution in [-0.2, 0) is 35.3 Å². The highest BCUT2D eigenvalue weighted by Crippen LogP contribution is 2.39. The van der Waals surface area contributed by atoms with Crippen LogP contribution in [-0.4, -0.2) is 42.1 Å². The molecule has 0 aliphatic heterocycles. The number of benzene rings is 3. The summed E-state index contributed by atoms with van der Waals surface area (Å²) in [6.07, 6.45) is -8.61. The molecule has 0 spiro atoms. The van der Waals surface area contributed by atoms with Gasteiger partial charge in [0.15, 0.2) is 30.6 Å². The summed E-state index contributed by atoms with van der Waals surface area (Å²) >= 11 is 0. The molecule has 210 valence electrons. The highest BCUT2D eigenvalue weighted by Gasteiger charge is 2.62. The molecule has 1 unspecified atom stereocenters. The zero-order chi connectivity index (χ0) is 29.6. The van der Waals surface area contributed by atoms with Crippen LogP contribution in [0.3, 0.4) is 0 Å². The second-order valence-electron chi connectivity index (χ2n) is 7.88. The molecule has 0 heterocycles. The van der Waals surface area contributed by atoms with Crippen molar-refractivity contribution >= 4 is 32.6 Å². The van der Waals surface area contributed by atoms with Gasteiger partial charge in [-0.1, -0.05) is 60.7 Å². The van der Waals surface area contributed by atoms with Crippen LogP contribution < -0.4 is 0 Å². The number of rotatable bonds is 7. The maximum absolute atomic E-state index is 13.1. The second-order valence-corrected chi connectivity index (χ2v) is 11.4. The summed E-state index contributed by atoms with van der Waals surface area (Å²) in [6, 6.07) is 32.2. The molecule has 1 atom stereocenters. The lowest BCUT2D eigenvalue weighted by atomic mass is 10.1. The van der Waals surface area contributed by atoms with E-state index >= 15 is 0 Å². The molecule has 0 aromatic heterocycles. The number of ketones is 2. The van der Waals surface area contributed by atoms with Gasteiger partial charge in [0.25, 0.3) is 11.9 Å². The van der Waals surface area contributed by atoms with Crippen molar-refractivity contribution in [1.82, 2.24) is 0 Å². The third-order valence-electron chi connectivity index (χ3n) is 5.06. The predicted molar refractivity (Wildman–Crippen MR) is 134 cm³/mol. The Morgan fingerprint density at radius 1 is 0.725 bits per heavy atom. The van der Waals surface area contributed by atoms with Crippen molar-refractivity contribution in [2.45, 2.75) is 32.2 Å². The number of hydrogen-bond acceptors (Lipinski definition) is 6. The molecule has 0 N–H and O–H groups in total. The molecular formula is C27H19F5O6S2. The number of ether oxygens (including phenoxy) is 1. The summed E-state index contributed by atoms with van der Waals surface area (Å²) in [5, 5.41) is -5.89. The summed E-state index contributed by atoms with van der Waals surface area (Å²) in [5.41, 5.74) is 0. The van der Waals surface area contributed by atoms with Crippen molar-refractivity contribution in [2.75, 3.05) is 0 Å². The third-order valence-corrected chi connectivity index (χ3v) is 8.17. The molecular weight excluding hydrogens is 579 g/mol. The number of allylic oxidation sites excluding steroid dienone is 4. The number of alkyl halides is 5. The van der Waals surface area contributed by atoms with Crippen LogP contribution in [0.25, 0.3) is 0 Å². The summed E-state index contributed by atoms with van der Waals surface area (Å²) < 4.78 is 98.0. The molecule has 1 aliphatic rings. The minimum absolute atomic E-state index is 0.0146. The average molecular weight is 599 g/mol. The molecule has 0 radical (unpaired) electrons. The monoisotopic (exact) mass is 598 g/mol. The minimum Gasteiger partial charge on any atom is -0.743 e. The van der Waals surface area contributed by atoms with E-state index < -0.39 is 45.0 Å². The number of Topliss-reactive ketones (excluding diaryl/α,β-unsaturated/α-hetero) is 1. The van der Waals surface area contributed by atoms with Gasteiger partial charge in [-0.15, -0.1) is 0 Å². The van der Waals surface area contributed by atoms with E-state index in [1.165, 1.54) is 14.7 Å². The van der Waals surface area contributed by atoms with Crippen molar-refractivity contribution in [3.63, 3.8) is 0 Å². The quantitative estimate of drug-likeness (QED) is 0.118. The zero-order valence-corrected chi connectivity index (χ0v) is 21.8. The zero-order valence-electron chi connectivity index (χ0n) is 20.1. The second kappa shape index (κ2) is 12.6. The van der Waals surface area contributed by atoms with Gasteiger partial charge in [0.2, 0.25) is 5.78 Å². The molecule has 6 nitrogen and oxygen atoms in total. The van der Waals surface area contributed by atoms with Crippen molar-refractivity contribution < 1.29 is 49.2 Å². The standard InChI is InChI=1S/C18H15S.C9H5F5O6S/c1-4-10-16(11-5-1)19(17-12-6-2-7-13-17)18-14-8-3-9-15-18;10-8(11,12)7(9(13,14)21(17,18)19)20-5-3-1-2-4(15)6(5)16/h1-15H;1-3,7H,(H,17,18,19)/q+1;/p-1. The fourth-order valence-electron chi connectivity index (χ4n) is 3.25. The van der Waals surface area contributed by atoms with Gasteiger partial charge in [0.1, 0.15) is 0 Å². The number of halogens is 5. The van der Waals surface area contributed by atoms with Crippen molar-refractivity contribution in [3.8, 4) is 0 Å². The Bertz CT molecular complexity index is 1400. The molecule has 0 saturated heterocycles. The van der Waals surface area contributed by atoms with E-state index in [9.17, 15) is 44.5 Å². The van der Waals surface area contributed by atoms with E-state index in [0.717, 1.165) is 6.08 Å². The Morgan fingerprint density at radius 2 is 1.12 bits per heavy atom. The maximum atomic E-state index is 13.1. The van der Waals surface area contributed by atoms with Gasteiger partial charge in [-0.25, -0.2) is 8.42 Å². The molecule has 0 saturated carbocycles. The van der Waals surface area contributed by atoms with Crippen LogP contribution in [0.4, 0.5) is 22.0 Å². The van der Waals surface area contributed by atoms with E-state index in [1.807, 2.05) is 0 Å². The van der Waals surface area contributed by atoms with Crippen molar-refractivity contribution in [1.29, 1.82) is 0 Å². The Kier molecular flexibility index (Phi) is 9.66. The maximum Gasteiger partial charge on any atom is 0.432 e. The predicted octanol–water partition coefficient (Wildman–Crippen LogP) is 5.45. The first-order valence-electron chi connectivity index (χ1n) is 11.2. The largest absolute Gasteiger partial charge is 0.743 e. The normalized spacial score (nSPS) is 14.7. The van der Waals surface area contributed by atoms with Gasteiger partial charge in [-0.05, 0) is 48.6 Å². The van der Waals surface area contributed by atoms with Gasteiger partial charge in [-0.2, -0.15) is 22.0 Å². The van der Waals surface area contributed by atoms with Gasteiger partial charge >= 0.3 is 11.4 Å². The molecule has 0 amide bonds. The summed E-state index contributed by atoms with van der Waals surface area (Å²) in [6.45, 7) is 0. The topological polar surface area (TPSA) is 101 Å². The Balaban J connectivity index is 0.000000221. The Labute approximate surface area is 228 Å². The fourth-order valence-corrected chi connectivity index (χ4v) is 5.80. The van der Waals surface area contributed by atoms with Crippen molar-refractivity contribution in [3.05, 3.63) is 115 Å². The Hall–Kier alpha value is -3.81. The van der Waals surface area contributed by atoms with E-state index in [4.69, 9.17) is 0 Å². The van der Waals surface area contributed by atoms with Crippen LogP contribution in [0.2, 0.25) is 0 Å². The lowest BCUT2D eigenvalue weighted by Crippen LogP contribution is -2.51. The third kappa shape index (κ3) is 7.43. The van der Waals surface area contributed by atoms with Crippen LogP contribution >= 0.6 is 0 Å². The molecule has 40 heavy (non-hydrogen) atoms. The van der Waals surface area contributed by atoms with E-state index in [0.29, 0.717) is 12.2 Å². The van der Waals surface area contributed by atoms with Crippen LogP contribution in [0.1, 0.15) is 0 Å². The Morgan fingerprint density at radius 3 is 1.48 bits per heavy atom. The number of hydrogen-bond donors (Lipinski definition) is 0. The van der Waals surface area contributed by atoms with Crippen LogP contribution in [0.5, 0.6) is 0 Å². The van der Waals surface area contributed by atoms with Gasteiger partial charge in [0.05, 0.1) is 10.9 Å². The number of carbonyl (C=O) groups excluding carboxylic acids is 2. The lowest BCUT2D eigenvalue weighted by Gasteiger charge is -2.30. The lowest BCUT2D eigenvalue weighted by molar-refractivity contribution is -0.253. The summed E-state index contributed by atoms with van der Waals surface area (Å²) in [4.78, 5) is 26.1. The first-order valence-corrected chi connectivity index (χ1v) is 13.8. The van der Waals surface area contributed by atoms with Gasteiger partial charge < -0.3 is 9.29 Å². The smallest absolute Gasteiger partial charge is 0.432 e. The molecule has 0 bridgehead atoms. The molecule has 0 fully saturated rings. The first-order chi connectivity index (χ1) is 18.7. The average Bonchev–Trinajstić information content (AvgIpc) is 2.90. The van der Waals surface area contributed by atoms with Crippen LogP contribution in [0.15, 0.2) is 130 Å². The van der Waals surface area contributed by atoms with Crippen molar-refractivity contribution in [2.24, 2.45) is 0 Å². The van der Waals surface area contributed by atoms with Gasteiger partial charge in [0, 0.05) is 0 Å². The highest BCUT2D eigenvalue weighted by atomic mass is 32.2. The highest BCUT2D eigenvalue weighted by molar-refractivity contribution is 7.97. The molecule has 13 heteroatoms. The van der Waals surface area contributed by atoms with E-state index in [-0.39, 0.29) is 10.9 Å². The van der Waals surface area contributed by atoms with E-state index in [1.54, 1.807) is 0 Å². The number of carbonyl (C=O) groups is 2. The SMILES string of the molecule is O=C1C=CC=C(OC(C(F)(F)F)C(F)(F)S(=O)(=O)[O-])C1=O.c1ccc([S+](c2ccccc2)c2ccccc2)cc1. The summed E-state index contributed by atoms with van der Waals surface area (Å²) in [5.74, 6) is -4.50. The van der Waals surface area contributed by atoms with Crippen LogP contribution in [0, 0.1) is 0 Å². The first kappa shape index (κ1) is 30.7. The molecule has 4 rings (SSSR count). The van der Waals surface area contributed by atoms with Gasteiger partial charge in [-0.3, -0.25) is 9.59 Å². The molecule has 3 aromatic rings. The molecule has 3 aromatic carbocycles. The fraction of sp³-hybridized carbons (Fsp3) is 0.111.